The molecule has 2 saturated heterocycles. The first-order valence-corrected chi connectivity index (χ1v) is 12.6. The zero-order chi connectivity index (χ0) is 20.4. The summed E-state index contributed by atoms with van der Waals surface area (Å²) < 4.78 is 34.3. The lowest BCUT2D eigenvalue weighted by atomic mass is 9.82. The summed E-state index contributed by atoms with van der Waals surface area (Å²) >= 11 is 6.48. The van der Waals surface area contributed by atoms with Crippen LogP contribution in [0.3, 0.4) is 0 Å². The molecule has 0 bridgehead atoms. The summed E-state index contributed by atoms with van der Waals surface area (Å²) in [6.45, 7) is 5.08. The monoisotopic (exact) mass is 441 g/mol. The second-order valence-electron chi connectivity index (χ2n) is 8.71. The topological polar surface area (TPSA) is 53.1 Å². The van der Waals surface area contributed by atoms with Gasteiger partial charge in [0.15, 0.2) is 0 Å². The first-order chi connectivity index (χ1) is 13.9. The van der Waals surface area contributed by atoms with Crippen molar-refractivity contribution in [2.75, 3.05) is 39.8 Å². The maximum Gasteiger partial charge on any atom is 0.281 e. The van der Waals surface area contributed by atoms with Gasteiger partial charge in [0.25, 0.3) is 10.2 Å². The highest BCUT2D eigenvalue weighted by Crippen LogP contribution is 2.34. The molecular formula is C21H32ClN3O3S. The minimum absolute atomic E-state index is 0.142. The number of ether oxygens (including phenoxy) is 1. The van der Waals surface area contributed by atoms with Gasteiger partial charge in [-0.3, -0.25) is 4.90 Å². The van der Waals surface area contributed by atoms with Crippen molar-refractivity contribution in [3.05, 3.63) is 28.8 Å². The number of benzene rings is 1. The first-order valence-electron chi connectivity index (χ1n) is 10.8. The zero-order valence-corrected chi connectivity index (χ0v) is 18.8. The number of halogens is 1. The summed E-state index contributed by atoms with van der Waals surface area (Å²) in [5.74, 6) is 1.16. The Kier molecular flexibility index (Phi) is 6.71. The number of rotatable bonds is 8. The van der Waals surface area contributed by atoms with Gasteiger partial charge < -0.3 is 4.74 Å². The molecule has 1 aromatic carbocycles. The Labute approximate surface area is 179 Å². The Hall–Kier alpha value is -0.860. The van der Waals surface area contributed by atoms with Crippen LogP contribution < -0.4 is 4.74 Å². The Balaban J connectivity index is 1.23. The number of likely N-dealkylation sites (tertiary alicyclic amines) is 1. The van der Waals surface area contributed by atoms with Gasteiger partial charge in [-0.1, -0.05) is 17.7 Å². The van der Waals surface area contributed by atoms with Crippen molar-refractivity contribution in [2.24, 2.45) is 5.92 Å². The highest BCUT2D eigenvalue weighted by molar-refractivity contribution is 7.86. The van der Waals surface area contributed by atoms with E-state index in [0.29, 0.717) is 25.6 Å². The summed E-state index contributed by atoms with van der Waals surface area (Å²) in [6, 6.07) is 6.00. The van der Waals surface area contributed by atoms with E-state index in [2.05, 4.69) is 11.0 Å². The fourth-order valence-corrected chi connectivity index (χ4v) is 6.34. The van der Waals surface area contributed by atoms with E-state index in [4.69, 9.17) is 16.3 Å². The molecule has 8 heteroatoms. The Bertz CT molecular complexity index is 801. The van der Waals surface area contributed by atoms with Crippen molar-refractivity contribution >= 4 is 21.8 Å². The van der Waals surface area contributed by atoms with E-state index in [-0.39, 0.29) is 6.10 Å². The van der Waals surface area contributed by atoms with Gasteiger partial charge in [-0.05, 0) is 75.2 Å². The van der Waals surface area contributed by atoms with Gasteiger partial charge in [0.2, 0.25) is 0 Å². The van der Waals surface area contributed by atoms with Crippen LogP contribution in [0, 0.1) is 5.92 Å². The van der Waals surface area contributed by atoms with E-state index in [9.17, 15) is 8.42 Å². The molecule has 162 valence electrons. The summed E-state index contributed by atoms with van der Waals surface area (Å²) in [5, 5.41) is 0.765. The number of nitrogens with zero attached hydrogens (tertiary/aromatic N) is 3. The lowest BCUT2D eigenvalue weighted by Gasteiger charge is -2.38. The van der Waals surface area contributed by atoms with Crippen LogP contribution in [0.1, 0.15) is 44.1 Å². The molecule has 0 unspecified atom stereocenters. The van der Waals surface area contributed by atoms with Crippen molar-refractivity contribution in [2.45, 2.75) is 51.2 Å². The Morgan fingerprint density at radius 2 is 1.76 bits per heavy atom. The van der Waals surface area contributed by atoms with Crippen LogP contribution in [0.15, 0.2) is 18.2 Å². The third kappa shape index (κ3) is 5.07. The minimum Gasteiger partial charge on any atom is -0.490 e. The van der Waals surface area contributed by atoms with Crippen LogP contribution in [-0.4, -0.2) is 67.8 Å². The summed E-state index contributed by atoms with van der Waals surface area (Å²) in [4.78, 5) is 2.44. The van der Waals surface area contributed by atoms with Gasteiger partial charge in [0, 0.05) is 38.2 Å². The van der Waals surface area contributed by atoms with Crippen LogP contribution in [0.5, 0.6) is 5.75 Å². The lowest BCUT2D eigenvalue weighted by molar-refractivity contribution is 0.0569. The van der Waals surface area contributed by atoms with Gasteiger partial charge in [-0.2, -0.15) is 17.0 Å². The van der Waals surface area contributed by atoms with E-state index in [1.54, 1.807) is 11.4 Å². The molecule has 1 saturated carbocycles. The number of hydrogen-bond acceptors (Lipinski definition) is 4. The van der Waals surface area contributed by atoms with Crippen molar-refractivity contribution < 1.29 is 13.2 Å². The van der Waals surface area contributed by atoms with E-state index in [1.807, 2.05) is 12.1 Å². The second kappa shape index (κ2) is 9.10. The third-order valence-corrected chi connectivity index (χ3v) is 8.72. The molecule has 0 amide bonds. The first kappa shape index (κ1) is 21.4. The van der Waals surface area contributed by atoms with Crippen LogP contribution >= 0.6 is 11.6 Å². The molecule has 0 spiro atoms. The van der Waals surface area contributed by atoms with Crippen molar-refractivity contribution in [3.63, 3.8) is 0 Å². The van der Waals surface area contributed by atoms with E-state index in [1.165, 1.54) is 17.1 Å². The predicted molar refractivity (Wildman–Crippen MR) is 115 cm³/mol. The van der Waals surface area contributed by atoms with E-state index in [0.717, 1.165) is 61.7 Å². The van der Waals surface area contributed by atoms with Crippen molar-refractivity contribution in [3.8, 4) is 5.75 Å². The molecule has 3 fully saturated rings. The van der Waals surface area contributed by atoms with Crippen LogP contribution in [0.2, 0.25) is 5.02 Å². The highest BCUT2D eigenvalue weighted by Gasteiger charge is 2.36. The van der Waals surface area contributed by atoms with Gasteiger partial charge in [-0.25, -0.2) is 0 Å². The molecule has 1 aromatic rings. The van der Waals surface area contributed by atoms with Crippen molar-refractivity contribution in [1.29, 1.82) is 0 Å². The molecule has 0 N–H and O–H groups in total. The number of hydrogen-bond donors (Lipinski definition) is 0. The van der Waals surface area contributed by atoms with Crippen LogP contribution in [0.4, 0.5) is 0 Å². The third-order valence-electron chi connectivity index (χ3n) is 6.41. The maximum absolute atomic E-state index is 12.6. The minimum atomic E-state index is -3.30. The molecule has 0 atom stereocenters. The SMILES string of the molecule is CN(CC1CC(Oc2ccc(CN3CCCC3)c(Cl)c2)C1)S(=O)(=O)N1CCCC1. The van der Waals surface area contributed by atoms with Crippen molar-refractivity contribution in [1.82, 2.24) is 13.5 Å². The average molecular weight is 442 g/mol. The molecular weight excluding hydrogens is 410 g/mol. The summed E-state index contributed by atoms with van der Waals surface area (Å²) in [7, 11) is -1.61. The molecule has 1 aliphatic carbocycles. The lowest BCUT2D eigenvalue weighted by Crippen LogP contribution is -2.46. The van der Waals surface area contributed by atoms with Gasteiger partial charge in [0.05, 0.1) is 6.10 Å². The molecule has 2 heterocycles. The predicted octanol–water partition coefficient (Wildman–Crippen LogP) is 3.37. The second-order valence-corrected chi connectivity index (χ2v) is 11.2. The molecule has 0 aromatic heterocycles. The Morgan fingerprint density at radius 3 is 2.41 bits per heavy atom. The molecule has 0 radical (unpaired) electrons. The summed E-state index contributed by atoms with van der Waals surface area (Å²) in [6.07, 6.45) is 6.38. The highest BCUT2D eigenvalue weighted by atomic mass is 35.5. The largest absolute Gasteiger partial charge is 0.490 e. The van der Waals surface area contributed by atoms with Gasteiger partial charge >= 0.3 is 0 Å². The molecule has 3 aliphatic rings. The quantitative estimate of drug-likeness (QED) is 0.620. The normalized spacial score (nSPS) is 26.2. The Morgan fingerprint density at radius 1 is 1.10 bits per heavy atom. The summed E-state index contributed by atoms with van der Waals surface area (Å²) in [5.41, 5.74) is 1.15. The van der Waals surface area contributed by atoms with Crippen LogP contribution in [0.25, 0.3) is 0 Å². The zero-order valence-electron chi connectivity index (χ0n) is 17.2. The fraction of sp³-hybridized carbons (Fsp3) is 0.714. The maximum atomic E-state index is 12.6. The molecule has 4 rings (SSSR count). The fourth-order valence-electron chi connectivity index (χ4n) is 4.60. The van der Waals surface area contributed by atoms with Gasteiger partial charge in [-0.15, -0.1) is 0 Å². The molecule has 6 nitrogen and oxygen atoms in total. The molecule has 29 heavy (non-hydrogen) atoms. The van der Waals surface area contributed by atoms with Crippen LogP contribution in [-0.2, 0) is 16.8 Å². The van der Waals surface area contributed by atoms with E-state index < -0.39 is 10.2 Å². The average Bonchev–Trinajstić information content (AvgIpc) is 3.35. The molecule has 2 aliphatic heterocycles. The smallest absolute Gasteiger partial charge is 0.281 e. The van der Waals surface area contributed by atoms with E-state index >= 15 is 0 Å². The van der Waals surface area contributed by atoms with Gasteiger partial charge in [0.1, 0.15) is 5.75 Å². The standard InChI is InChI=1S/C21H32ClN3O3S/c1-23(29(26,27)25-10-4-5-11-25)15-17-12-20(13-17)28-19-7-6-18(21(22)14-19)16-24-8-2-3-9-24/h6-7,14,17,20H,2-5,8-13,15-16H2,1H3.